The van der Waals surface area contributed by atoms with Gasteiger partial charge in [-0.3, -0.25) is 0 Å². The molecule has 0 spiro atoms. The molecule has 0 radical (unpaired) electrons. The minimum absolute atomic E-state index is 0.138. The average Bonchev–Trinajstić information content (AvgIpc) is 2.48. The molecule has 0 amide bonds. The van der Waals surface area contributed by atoms with Gasteiger partial charge in [-0.15, -0.1) is 0 Å². The maximum Gasteiger partial charge on any atom is -0.00969 e. The molecule has 0 N–H and O–H groups in total. The maximum absolute atomic E-state index is 2.42. The standard InChI is InChI=1S/C23H26/c1-15-10-9-11-16(2)22(15)20-14-21(23(4,5)6)17(3)18-12-7-8-13-19(18)20/h7-14H,1-6H3. The van der Waals surface area contributed by atoms with Crippen molar-refractivity contribution in [2.75, 3.05) is 0 Å². The van der Waals surface area contributed by atoms with Gasteiger partial charge in [0.25, 0.3) is 0 Å². The zero-order valence-corrected chi connectivity index (χ0v) is 15.1. The molecule has 3 rings (SSSR count). The van der Waals surface area contributed by atoms with Crippen molar-refractivity contribution >= 4 is 10.8 Å². The third-order valence-electron chi connectivity index (χ3n) is 4.87. The molecule has 23 heavy (non-hydrogen) atoms. The summed E-state index contributed by atoms with van der Waals surface area (Å²) in [4.78, 5) is 0. The predicted octanol–water partition coefficient (Wildman–Crippen LogP) is 6.73. The first kappa shape index (κ1) is 15.8. The van der Waals surface area contributed by atoms with Crippen LogP contribution in [-0.4, -0.2) is 0 Å². The Bertz CT molecular complexity index is 856. The zero-order chi connectivity index (χ0) is 16.8. The first-order valence-corrected chi connectivity index (χ1v) is 8.40. The topological polar surface area (TPSA) is 0 Å². The van der Waals surface area contributed by atoms with E-state index in [-0.39, 0.29) is 5.41 Å². The van der Waals surface area contributed by atoms with Crippen LogP contribution in [0.1, 0.15) is 43.0 Å². The van der Waals surface area contributed by atoms with Gasteiger partial charge in [0.2, 0.25) is 0 Å². The van der Waals surface area contributed by atoms with Gasteiger partial charge in [-0.2, -0.15) is 0 Å². The summed E-state index contributed by atoms with van der Waals surface area (Å²) in [5.41, 5.74) is 8.43. The fourth-order valence-corrected chi connectivity index (χ4v) is 3.75. The quantitative estimate of drug-likeness (QED) is 0.467. The predicted molar refractivity (Wildman–Crippen MR) is 102 cm³/mol. The van der Waals surface area contributed by atoms with Gasteiger partial charge in [0.05, 0.1) is 0 Å². The third-order valence-corrected chi connectivity index (χ3v) is 4.87. The van der Waals surface area contributed by atoms with E-state index in [0.717, 1.165) is 0 Å². The van der Waals surface area contributed by atoms with E-state index in [1.54, 1.807) is 0 Å². The second-order valence-corrected chi connectivity index (χ2v) is 7.66. The number of hydrogen-bond acceptors (Lipinski definition) is 0. The van der Waals surface area contributed by atoms with Gasteiger partial charge in [0.15, 0.2) is 0 Å². The molecular formula is C23H26. The maximum atomic E-state index is 2.42. The van der Waals surface area contributed by atoms with Crippen LogP contribution in [0.15, 0.2) is 48.5 Å². The summed E-state index contributed by atoms with van der Waals surface area (Å²) in [6.45, 7) is 13.6. The van der Waals surface area contributed by atoms with Gasteiger partial charge in [0, 0.05) is 0 Å². The number of hydrogen-bond donors (Lipinski definition) is 0. The summed E-state index contributed by atoms with van der Waals surface area (Å²) in [5.74, 6) is 0. The zero-order valence-electron chi connectivity index (χ0n) is 15.1. The van der Waals surface area contributed by atoms with Crippen LogP contribution >= 0.6 is 0 Å². The molecule has 0 nitrogen and oxygen atoms in total. The molecule has 0 aromatic heterocycles. The number of benzene rings is 3. The molecule has 0 fully saturated rings. The highest BCUT2D eigenvalue weighted by molar-refractivity contribution is 6.00. The number of aryl methyl sites for hydroxylation is 3. The third kappa shape index (κ3) is 2.67. The van der Waals surface area contributed by atoms with Crippen LogP contribution in [0, 0.1) is 20.8 Å². The van der Waals surface area contributed by atoms with E-state index in [2.05, 4.69) is 90.1 Å². The molecule has 0 heterocycles. The Hall–Kier alpha value is -2.08. The van der Waals surface area contributed by atoms with Crippen molar-refractivity contribution in [2.45, 2.75) is 47.0 Å². The Morgan fingerprint density at radius 3 is 1.83 bits per heavy atom. The Morgan fingerprint density at radius 2 is 1.26 bits per heavy atom. The van der Waals surface area contributed by atoms with Gasteiger partial charge >= 0.3 is 0 Å². The van der Waals surface area contributed by atoms with Gasteiger partial charge in [-0.05, 0) is 76.4 Å². The van der Waals surface area contributed by atoms with Gasteiger partial charge in [-0.1, -0.05) is 63.2 Å². The Labute approximate surface area is 140 Å². The molecule has 0 saturated heterocycles. The molecule has 118 valence electrons. The monoisotopic (exact) mass is 302 g/mol. The summed E-state index contributed by atoms with van der Waals surface area (Å²) in [7, 11) is 0. The van der Waals surface area contributed by atoms with Crippen LogP contribution < -0.4 is 0 Å². The summed E-state index contributed by atoms with van der Waals surface area (Å²) in [6.07, 6.45) is 0. The van der Waals surface area contributed by atoms with Crippen LogP contribution in [0.3, 0.4) is 0 Å². The minimum Gasteiger partial charge on any atom is -0.0617 e. The lowest BCUT2D eigenvalue weighted by molar-refractivity contribution is 0.587. The minimum atomic E-state index is 0.138. The summed E-state index contributed by atoms with van der Waals surface area (Å²) in [6, 6.07) is 17.8. The molecule has 0 heteroatoms. The second kappa shape index (κ2) is 5.53. The van der Waals surface area contributed by atoms with E-state index in [4.69, 9.17) is 0 Å². The Morgan fingerprint density at radius 1 is 0.696 bits per heavy atom. The first-order valence-electron chi connectivity index (χ1n) is 8.40. The van der Waals surface area contributed by atoms with Crippen molar-refractivity contribution in [3.05, 3.63) is 70.8 Å². The lowest BCUT2D eigenvalue weighted by atomic mass is 9.79. The number of rotatable bonds is 1. The highest BCUT2D eigenvalue weighted by Gasteiger charge is 2.21. The van der Waals surface area contributed by atoms with Crippen molar-refractivity contribution in [3.8, 4) is 11.1 Å². The van der Waals surface area contributed by atoms with Crippen LogP contribution in [0.2, 0.25) is 0 Å². The molecule has 0 aliphatic heterocycles. The van der Waals surface area contributed by atoms with Crippen molar-refractivity contribution in [1.29, 1.82) is 0 Å². The SMILES string of the molecule is Cc1cccc(C)c1-c1cc(C(C)(C)C)c(C)c2ccccc12. The van der Waals surface area contributed by atoms with Crippen LogP contribution in [0.4, 0.5) is 0 Å². The van der Waals surface area contributed by atoms with Crippen molar-refractivity contribution < 1.29 is 0 Å². The molecular weight excluding hydrogens is 276 g/mol. The van der Waals surface area contributed by atoms with E-state index in [0.29, 0.717) is 0 Å². The highest BCUT2D eigenvalue weighted by Crippen LogP contribution is 2.39. The normalized spacial score (nSPS) is 11.9. The molecule has 0 atom stereocenters. The van der Waals surface area contributed by atoms with Gasteiger partial charge < -0.3 is 0 Å². The summed E-state index contributed by atoms with van der Waals surface area (Å²) >= 11 is 0. The second-order valence-electron chi connectivity index (χ2n) is 7.66. The Balaban J connectivity index is 2.48. The molecule has 0 bridgehead atoms. The largest absolute Gasteiger partial charge is 0.0617 e. The fourth-order valence-electron chi connectivity index (χ4n) is 3.75. The van der Waals surface area contributed by atoms with Crippen molar-refractivity contribution in [1.82, 2.24) is 0 Å². The van der Waals surface area contributed by atoms with E-state index in [1.165, 1.54) is 44.2 Å². The molecule has 0 aliphatic carbocycles. The Kier molecular flexibility index (Phi) is 3.80. The van der Waals surface area contributed by atoms with Crippen LogP contribution in [0.25, 0.3) is 21.9 Å². The molecule has 0 unspecified atom stereocenters. The number of fused-ring (bicyclic) bond motifs is 1. The molecule has 3 aromatic carbocycles. The van der Waals surface area contributed by atoms with Crippen molar-refractivity contribution in [2.24, 2.45) is 0 Å². The molecule has 0 aliphatic rings. The van der Waals surface area contributed by atoms with Crippen LogP contribution in [0.5, 0.6) is 0 Å². The average molecular weight is 302 g/mol. The lowest BCUT2D eigenvalue weighted by Crippen LogP contribution is -2.13. The summed E-state index contributed by atoms with van der Waals surface area (Å²) in [5, 5.41) is 2.73. The fraction of sp³-hybridized carbons (Fsp3) is 0.304. The highest BCUT2D eigenvalue weighted by atomic mass is 14.2. The van der Waals surface area contributed by atoms with E-state index >= 15 is 0 Å². The smallest absolute Gasteiger partial charge is 0.00969 e. The van der Waals surface area contributed by atoms with Gasteiger partial charge in [-0.25, -0.2) is 0 Å². The molecule has 3 aromatic rings. The van der Waals surface area contributed by atoms with E-state index in [9.17, 15) is 0 Å². The van der Waals surface area contributed by atoms with E-state index in [1.807, 2.05) is 0 Å². The lowest BCUT2D eigenvalue weighted by Gasteiger charge is -2.25. The summed E-state index contributed by atoms with van der Waals surface area (Å²) < 4.78 is 0. The van der Waals surface area contributed by atoms with Crippen LogP contribution in [-0.2, 0) is 5.41 Å². The molecule has 0 saturated carbocycles. The van der Waals surface area contributed by atoms with Crippen molar-refractivity contribution in [3.63, 3.8) is 0 Å². The first-order chi connectivity index (χ1) is 10.8. The van der Waals surface area contributed by atoms with E-state index < -0.39 is 0 Å². The van der Waals surface area contributed by atoms with Gasteiger partial charge in [0.1, 0.15) is 0 Å².